The Hall–Kier alpha value is -3.19. The van der Waals surface area contributed by atoms with Crippen LogP contribution in [-0.2, 0) is 21.2 Å². The van der Waals surface area contributed by atoms with Gasteiger partial charge in [-0.3, -0.25) is 9.59 Å². The van der Waals surface area contributed by atoms with E-state index in [-0.39, 0.29) is 22.5 Å². The van der Waals surface area contributed by atoms with Gasteiger partial charge in [-0.1, -0.05) is 30.3 Å². The van der Waals surface area contributed by atoms with Crippen molar-refractivity contribution < 1.29 is 18.0 Å². The molecule has 0 unspecified atom stereocenters. The quantitative estimate of drug-likeness (QED) is 0.657. The molecule has 7 heteroatoms. The second-order valence-electron chi connectivity index (χ2n) is 7.12. The third-order valence-corrected chi connectivity index (χ3v) is 6.28. The molecular weight excluding hydrogens is 388 g/mol. The zero-order valence-electron chi connectivity index (χ0n) is 15.8. The molecule has 0 bridgehead atoms. The Kier molecular flexibility index (Phi) is 4.84. The van der Waals surface area contributed by atoms with Crippen molar-refractivity contribution in [3.8, 4) is 0 Å². The van der Waals surface area contributed by atoms with Gasteiger partial charge in [-0.15, -0.1) is 0 Å². The maximum Gasteiger partial charge on any atom is 0.233 e. The Balaban J connectivity index is 1.52. The van der Waals surface area contributed by atoms with Gasteiger partial charge >= 0.3 is 0 Å². The molecule has 0 spiro atoms. The maximum atomic E-state index is 12.8. The molecule has 2 aromatic carbocycles. The fraction of sp³-hybridized carbons (Fsp3) is 0.182. The average molecular weight is 408 g/mol. The SMILES string of the molecule is CS(=O)(=O)c1ccc(NC(=O)[C@H]2CCn3c(C(=O)c4ccccc4)ccc32)cc1. The van der Waals surface area contributed by atoms with Gasteiger partial charge in [0.1, 0.15) is 0 Å². The van der Waals surface area contributed by atoms with Crippen LogP contribution in [0.15, 0.2) is 71.6 Å². The summed E-state index contributed by atoms with van der Waals surface area (Å²) in [6.07, 6.45) is 1.75. The summed E-state index contributed by atoms with van der Waals surface area (Å²) in [7, 11) is -3.28. The van der Waals surface area contributed by atoms with E-state index in [0.29, 0.717) is 29.9 Å². The molecule has 1 N–H and O–H groups in total. The van der Waals surface area contributed by atoms with Crippen LogP contribution >= 0.6 is 0 Å². The van der Waals surface area contributed by atoms with E-state index in [1.807, 2.05) is 28.8 Å². The van der Waals surface area contributed by atoms with E-state index in [1.165, 1.54) is 12.1 Å². The summed E-state index contributed by atoms with van der Waals surface area (Å²) in [4.78, 5) is 25.8. The molecule has 1 atom stereocenters. The standard InChI is InChI=1S/C22H20N2O4S/c1-29(27,28)17-9-7-16(8-10-17)23-22(26)18-13-14-24-19(18)11-12-20(24)21(25)15-5-3-2-4-6-15/h2-12,18H,13-14H2,1H3,(H,23,26)/t18-/m0/s1. The maximum absolute atomic E-state index is 12.8. The van der Waals surface area contributed by atoms with E-state index >= 15 is 0 Å². The second kappa shape index (κ2) is 7.33. The van der Waals surface area contributed by atoms with Gasteiger partial charge in [0.15, 0.2) is 9.84 Å². The lowest BCUT2D eigenvalue weighted by Gasteiger charge is -2.11. The van der Waals surface area contributed by atoms with Crippen LogP contribution in [0, 0.1) is 0 Å². The van der Waals surface area contributed by atoms with E-state index in [4.69, 9.17) is 0 Å². The van der Waals surface area contributed by atoms with Crippen molar-refractivity contribution in [3.05, 3.63) is 83.7 Å². The number of amides is 1. The molecule has 0 aliphatic carbocycles. The number of hydrogen-bond donors (Lipinski definition) is 1. The fourth-order valence-electron chi connectivity index (χ4n) is 3.66. The van der Waals surface area contributed by atoms with Crippen LogP contribution in [0.3, 0.4) is 0 Å². The van der Waals surface area contributed by atoms with Crippen molar-refractivity contribution in [3.63, 3.8) is 0 Å². The smallest absolute Gasteiger partial charge is 0.233 e. The number of fused-ring (bicyclic) bond motifs is 1. The predicted molar refractivity (Wildman–Crippen MR) is 110 cm³/mol. The average Bonchev–Trinajstić information content (AvgIpc) is 3.30. The molecule has 148 valence electrons. The van der Waals surface area contributed by atoms with Gasteiger partial charge in [-0.25, -0.2) is 8.42 Å². The molecule has 1 aliphatic heterocycles. The van der Waals surface area contributed by atoms with Crippen molar-refractivity contribution in [2.24, 2.45) is 0 Å². The van der Waals surface area contributed by atoms with Crippen LogP contribution < -0.4 is 5.32 Å². The number of nitrogens with one attached hydrogen (secondary N) is 1. The number of rotatable bonds is 5. The largest absolute Gasteiger partial charge is 0.341 e. The first kappa shape index (κ1) is 19.1. The molecule has 29 heavy (non-hydrogen) atoms. The number of nitrogens with zero attached hydrogens (tertiary/aromatic N) is 1. The van der Waals surface area contributed by atoms with Crippen LogP contribution in [0.1, 0.15) is 34.1 Å². The van der Waals surface area contributed by atoms with Crippen LogP contribution in [0.25, 0.3) is 0 Å². The molecule has 1 amide bonds. The summed E-state index contributed by atoms with van der Waals surface area (Å²) in [6.45, 7) is 0.599. The van der Waals surface area contributed by atoms with Gasteiger partial charge in [-0.2, -0.15) is 0 Å². The van der Waals surface area contributed by atoms with Crippen molar-refractivity contribution in [2.45, 2.75) is 23.8 Å². The van der Waals surface area contributed by atoms with Crippen LogP contribution in [-0.4, -0.2) is 30.9 Å². The lowest BCUT2D eigenvalue weighted by atomic mass is 10.0. The van der Waals surface area contributed by atoms with Gasteiger partial charge in [-0.05, 0) is 42.8 Å². The first-order chi connectivity index (χ1) is 13.8. The highest BCUT2D eigenvalue weighted by Crippen LogP contribution is 2.32. The van der Waals surface area contributed by atoms with E-state index in [0.717, 1.165) is 11.9 Å². The van der Waals surface area contributed by atoms with Gasteiger partial charge < -0.3 is 9.88 Å². The minimum atomic E-state index is -3.28. The minimum absolute atomic E-state index is 0.0609. The normalized spacial score (nSPS) is 15.7. The second-order valence-corrected chi connectivity index (χ2v) is 9.13. The van der Waals surface area contributed by atoms with E-state index in [9.17, 15) is 18.0 Å². The fourth-order valence-corrected chi connectivity index (χ4v) is 4.29. The minimum Gasteiger partial charge on any atom is -0.341 e. The van der Waals surface area contributed by atoms with Crippen molar-refractivity contribution >= 4 is 27.2 Å². The van der Waals surface area contributed by atoms with Crippen LogP contribution in [0.2, 0.25) is 0 Å². The summed E-state index contributed by atoms with van der Waals surface area (Å²) in [5.41, 5.74) is 2.55. The van der Waals surface area contributed by atoms with Gasteiger partial charge in [0.2, 0.25) is 11.7 Å². The summed E-state index contributed by atoms with van der Waals surface area (Å²) in [5, 5.41) is 2.84. The third kappa shape index (κ3) is 3.73. The molecule has 1 aromatic heterocycles. The Labute approximate surface area is 169 Å². The number of carbonyl (C=O) groups is 2. The molecule has 4 rings (SSSR count). The number of sulfone groups is 1. The molecule has 0 radical (unpaired) electrons. The molecule has 0 fully saturated rings. The van der Waals surface area contributed by atoms with E-state index in [2.05, 4.69) is 5.32 Å². The highest BCUT2D eigenvalue weighted by Gasteiger charge is 2.32. The zero-order chi connectivity index (χ0) is 20.6. The lowest BCUT2D eigenvalue weighted by Crippen LogP contribution is -2.19. The predicted octanol–water partition coefficient (Wildman–Crippen LogP) is 3.25. The molecule has 1 aliphatic rings. The number of ketones is 1. The Morgan fingerprint density at radius 1 is 0.966 bits per heavy atom. The van der Waals surface area contributed by atoms with Crippen molar-refractivity contribution in [2.75, 3.05) is 11.6 Å². The third-order valence-electron chi connectivity index (χ3n) is 5.15. The molecular formula is C22H20N2O4S. The lowest BCUT2D eigenvalue weighted by molar-refractivity contribution is -0.117. The first-order valence-corrected chi connectivity index (χ1v) is 11.1. The Morgan fingerprint density at radius 2 is 1.66 bits per heavy atom. The molecule has 6 nitrogen and oxygen atoms in total. The van der Waals surface area contributed by atoms with Crippen molar-refractivity contribution in [1.29, 1.82) is 0 Å². The summed E-state index contributed by atoms with van der Waals surface area (Å²) >= 11 is 0. The highest BCUT2D eigenvalue weighted by atomic mass is 32.2. The number of carbonyl (C=O) groups excluding carboxylic acids is 2. The first-order valence-electron chi connectivity index (χ1n) is 9.25. The van der Waals surface area contributed by atoms with Gasteiger partial charge in [0.05, 0.1) is 16.5 Å². The van der Waals surface area contributed by atoms with Crippen LogP contribution in [0.5, 0.6) is 0 Å². The monoisotopic (exact) mass is 408 g/mol. The zero-order valence-corrected chi connectivity index (χ0v) is 16.6. The van der Waals surface area contributed by atoms with Crippen molar-refractivity contribution in [1.82, 2.24) is 4.57 Å². The number of benzene rings is 2. The Bertz CT molecular complexity index is 1180. The molecule has 0 saturated carbocycles. The highest BCUT2D eigenvalue weighted by molar-refractivity contribution is 7.90. The van der Waals surface area contributed by atoms with Gasteiger partial charge in [0, 0.05) is 29.7 Å². The van der Waals surface area contributed by atoms with Crippen LogP contribution in [0.4, 0.5) is 5.69 Å². The topological polar surface area (TPSA) is 85.2 Å². The summed E-state index contributed by atoms with van der Waals surface area (Å²) in [5.74, 6) is -0.594. The Morgan fingerprint density at radius 3 is 2.31 bits per heavy atom. The van der Waals surface area contributed by atoms with E-state index in [1.54, 1.807) is 30.3 Å². The molecule has 0 saturated heterocycles. The van der Waals surface area contributed by atoms with Gasteiger partial charge in [0.25, 0.3) is 0 Å². The molecule has 2 heterocycles. The molecule has 3 aromatic rings. The number of aromatic nitrogens is 1. The summed E-state index contributed by atoms with van der Waals surface area (Å²) < 4.78 is 25.0. The number of anilines is 1. The summed E-state index contributed by atoms with van der Waals surface area (Å²) in [6, 6.07) is 18.8. The van der Waals surface area contributed by atoms with E-state index < -0.39 is 9.84 Å². The number of hydrogen-bond acceptors (Lipinski definition) is 4.